The molecule has 2 aromatic carbocycles. The third-order valence-corrected chi connectivity index (χ3v) is 5.47. The quantitative estimate of drug-likeness (QED) is 0.616. The molecule has 0 N–H and O–H groups in total. The van der Waals surface area contributed by atoms with E-state index in [-0.39, 0.29) is 18.4 Å². The number of carbonyl (C=O) groups excluding carboxylic acids is 2. The van der Waals surface area contributed by atoms with Crippen molar-refractivity contribution in [1.82, 2.24) is 4.57 Å². The molecule has 0 radical (unpaired) electrons. The van der Waals surface area contributed by atoms with Crippen LogP contribution in [0.15, 0.2) is 41.4 Å². The van der Waals surface area contributed by atoms with Gasteiger partial charge in [0.25, 0.3) is 5.91 Å². The van der Waals surface area contributed by atoms with Gasteiger partial charge in [0.15, 0.2) is 4.80 Å². The van der Waals surface area contributed by atoms with Gasteiger partial charge in [0.1, 0.15) is 12.3 Å². The van der Waals surface area contributed by atoms with E-state index in [0.29, 0.717) is 22.7 Å². The lowest BCUT2D eigenvalue weighted by Gasteiger charge is -2.06. The van der Waals surface area contributed by atoms with Crippen molar-refractivity contribution in [2.45, 2.75) is 27.3 Å². The molecule has 0 spiro atoms. The maximum absolute atomic E-state index is 12.7. The third kappa shape index (κ3) is 4.14. The van der Waals surface area contributed by atoms with E-state index in [4.69, 9.17) is 9.47 Å². The highest BCUT2D eigenvalue weighted by atomic mass is 32.1. The van der Waals surface area contributed by atoms with E-state index in [1.165, 1.54) is 11.3 Å². The molecule has 3 rings (SSSR count). The number of fused-ring (bicyclic) bond motifs is 1. The Bertz CT molecular complexity index is 1090. The number of hydrogen-bond acceptors (Lipinski definition) is 5. The lowest BCUT2D eigenvalue weighted by Crippen LogP contribution is -2.23. The van der Waals surface area contributed by atoms with E-state index >= 15 is 0 Å². The number of methoxy groups -OCH3 is 1. The number of thiazole rings is 1. The third-order valence-electron chi connectivity index (χ3n) is 4.24. The fraction of sp³-hybridized carbons (Fsp3) is 0.286. The summed E-state index contributed by atoms with van der Waals surface area (Å²) in [5.74, 6) is -0.0669. The van der Waals surface area contributed by atoms with Gasteiger partial charge in [-0.3, -0.25) is 9.59 Å². The molecule has 1 aromatic heterocycles. The summed E-state index contributed by atoms with van der Waals surface area (Å²) in [5, 5.41) is 0. The Kier molecular flexibility index (Phi) is 5.94. The molecular weight excluding hydrogens is 376 g/mol. The number of hydrogen-bond donors (Lipinski definition) is 0. The minimum absolute atomic E-state index is 0.00542. The van der Waals surface area contributed by atoms with Gasteiger partial charge >= 0.3 is 5.97 Å². The molecular formula is C21H22N2O4S. The van der Waals surface area contributed by atoms with Gasteiger partial charge in [0, 0.05) is 5.56 Å². The van der Waals surface area contributed by atoms with Gasteiger partial charge in [-0.05, 0) is 62.2 Å². The summed E-state index contributed by atoms with van der Waals surface area (Å²) < 4.78 is 13.0. The fourth-order valence-electron chi connectivity index (χ4n) is 2.97. The van der Waals surface area contributed by atoms with Crippen molar-refractivity contribution < 1.29 is 19.1 Å². The molecule has 3 aromatic rings. The average molecular weight is 398 g/mol. The Labute approximate surface area is 167 Å². The molecule has 1 heterocycles. The van der Waals surface area contributed by atoms with Gasteiger partial charge in [0.05, 0.1) is 23.9 Å². The maximum Gasteiger partial charge on any atom is 0.326 e. The number of nitrogens with zero attached hydrogens (tertiary/aromatic N) is 2. The van der Waals surface area contributed by atoms with E-state index < -0.39 is 0 Å². The molecule has 6 nitrogen and oxygen atoms in total. The van der Waals surface area contributed by atoms with Crippen molar-refractivity contribution in [3.63, 3.8) is 0 Å². The van der Waals surface area contributed by atoms with Crippen LogP contribution in [0.5, 0.6) is 5.75 Å². The zero-order valence-electron chi connectivity index (χ0n) is 16.3. The molecule has 0 unspecified atom stereocenters. The van der Waals surface area contributed by atoms with Gasteiger partial charge in [-0.25, -0.2) is 0 Å². The number of esters is 1. The second kappa shape index (κ2) is 8.39. The highest BCUT2D eigenvalue weighted by Crippen LogP contribution is 2.23. The largest absolute Gasteiger partial charge is 0.497 e. The number of benzene rings is 2. The van der Waals surface area contributed by atoms with Crippen LogP contribution in [0.25, 0.3) is 10.2 Å². The molecule has 28 heavy (non-hydrogen) atoms. The summed E-state index contributed by atoms with van der Waals surface area (Å²) in [4.78, 5) is 29.6. The van der Waals surface area contributed by atoms with Crippen molar-refractivity contribution in [2.24, 2.45) is 4.99 Å². The van der Waals surface area contributed by atoms with Crippen LogP contribution in [-0.4, -0.2) is 30.2 Å². The Balaban J connectivity index is 2.12. The van der Waals surface area contributed by atoms with Crippen LogP contribution in [-0.2, 0) is 16.1 Å². The molecule has 0 aliphatic heterocycles. The van der Waals surface area contributed by atoms with Crippen molar-refractivity contribution in [2.75, 3.05) is 13.7 Å². The van der Waals surface area contributed by atoms with Gasteiger partial charge in [0.2, 0.25) is 0 Å². The predicted molar refractivity (Wildman–Crippen MR) is 109 cm³/mol. The van der Waals surface area contributed by atoms with E-state index in [0.717, 1.165) is 21.3 Å². The molecule has 7 heteroatoms. The number of aromatic nitrogens is 1. The Morgan fingerprint density at radius 3 is 2.50 bits per heavy atom. The van der Waals surface area contributed by atoms with Crippen molar-refractivity contribution in [1.29, 1.82) is 0 Å². The van der Waals surface area contributed by atoms with Gasteiger partial charge in [-0.2, -0.15) is 4.99 Å². The minimum atomic E-state index is -0.374. The molecule has 0 atom stereocenters. The van der Waals surface area contributed by atoms with Gasteiger partial charge in [-0.1, -0.05) is 17.4 Å². The topological polar surface area (TPSA) is 69.9 Å². The van der Waals surface area contributed by atoms with E-state index in [9.17, 15) is 9.59 Å². The fourth-order valence-corrected chi connectivity index (χ4v) is 4.05. The van der Waals surface area contributed by atoms with E-state index in [2.05, 4.69) is 11.1 Å². The standard InChI is InChI=1S/C21H22N2O4S/c1-5-27-18(24)12-23-17-11-13(2)10-14(3)19(17)28-21(23)22-20(25)15-6-8-16(26-4)9-7-15/h6-11H,5,12H2,1-4H3. The lowest BCUT2D eigenvalue weighted by atomic mass is 10.1. The molecule has 0 saturated heterocycles. The van der Waals surface area contributed by atoms with Crippen LogP contribution in [0.4, 0.5) is 0 Å². The Morgan fingerprint density at radius 1 is 1.14 bits per heavy atom. The molecule has 0 aliphatic rings. The summed E-state index contributed by atoms with van der Waals surface area (Å²) in [6.07, 6.45) is 0. The Hall–Kier alpha value is -2.93. The van der Waals surface area contributed by atoms with Crippen LogP contribution < -0.4 is 9.54 Å². The maximum atomic E-state index is 12.7. The number of rotatable bonds is 5. The van der Waals surface area contributed by atoms with Crippen molar-refractivity contribution in [3.05, 3.63) is 57.9 Å². The summed E-state index contributed by atoms with van der Waals surface area (Å²) in [6.45, 7) is 6.08. The number of ether oxygens (including phenoxy) is 2. The van der Waals surface area contributed by atoms with Crippen molar-refractivity contribution in [3.8, 4) is 5.75 Å². The van der Waals surface area contributed by atoms with Crippen LogP contribution in [0, 0.1) is 13.8 Å². The minimum Gasteiger partial charge on any atom is -0.497 e. The number of aryl methyl sites for hydroxylation is 2. The molecule has 146 valence electrons. The lowest BCUT2D eigenvalue weighted by molar-refractivity contribution is -0.143. The monoisotopic (exact) mass is 398 g/mol. The first kappa shape index (κ1) is 19.8. The molecule has 0 saturated carbocycles. The van der Waals surface area contributed by atoms with Crippen LogP contribution in [0.2, 0.25) is 0 Å². The summed E-state index contributed by atoms with van der Waals surface area (Å²) in [6, 6.07) is 10.8. The van der Waals surface area contributed by atoms with Crippen LogP contribution in [0.3, 0.4) is 0 Å². The SMILES string of the molecule is CCOC(=O)Cn1c(=NC(=O)c2ccc(OC)cc2)sc2c(C)cc(C)cc21. The second-order valence-electron chi connectivity index (χ2n) is 6.35. The predicted octanol–water partition coefficient (Wildman–Crippen LogP) is 3.63. The average Bonchev–Trinajstić information content (AvgIpc) is 2.99. The molecule has 0 bridgehead atoms. The highest BCUT2D eigenvalue weighted by molar-refractivity contribution is 7.16. The number of carbonyl (C=O) groups is 2. The number of amides is 1. The zero-order chi connectivity index (χ0) is 20.3. The van der Waals surface area contributed by atoms with Crippen LogP contribution in [0.1, 0.15) is 28.4 Å². The van der Waals surface area contributed by atoms with Crippen LogP contribution >= 0.6 is 11.3 Å². The highest BCUT2D eigenvalue weighted by Gasteiger charge is 2.14. The first-order chi connectivity index (χ1) is 13.4. The Morgan fingerprint density at radius 2 is 1.86 bits per heavy atom. The zero-order valence-corrected chi connectivity index (χ0v) is 17.1. The van der Waals surface area contributed by atoms with E-state index in [1.807, 2.05) is 19.9 Å². The molecule has 1 amide bonds. The van der Waals surface area contributed by atoms with E-state index in [1.54, 1.807) is 42.9 Å². The summed E-state index contributed by atoms with van der Waals surface area (Å²) >= 11 is 1.39. The first-order valence-electron chi connectivity index (χ1n) is 8.92. The summed E-state index contributed by atoms with van der Waals surface area (Å²) in [7, 11) is 1.57. The smallest absolute Gasteiger partial charge is 0.326 e. The molecule has 0 aliphatic carbocycles. The van der Waals surface area contributed by atoms with Gasteiger partial charge < -0.3 is 14.0 Å². The normalized spacial score (nSPS) is 11.6. The second-order valence-corrected chi connectivity index (χ2v) is 7.33. The van der Waals surface area contributed by atoms with Gasteiger partial charge in [-0.15, -0.1) is 0 Å². The summed E-state index contributed by atoms with van der Waals surface area (Å²) in [5.41, 5.74) is 3.48. The molecule has 0 fully saturated rings. The van der Waals surface area contributed by atoms with Crippen molar-refractivity contribution >= 4 is 33.4 Å². The first-order valence-corrected chi connectivity index (χ1v) is 9.74.